The van der Waals surface area contributed by atoms with Gasteiger partial charge in [-0.25, -0.2) is 0 Å². The van der Waals surface area contributed by atoms with Gasteiger partial charge in [-0.2, -0.15) is 0 Å². The molecule has 1 unspecified atom stereocenters. The van der Waals surface area contributed by atoms with Crippen molar-refractivity contribution in [3.63, 3.8) is 0 Å². The lowest BCUT2D eigenvalue weighted by molar-refractivity contribution is -0.153. The molecule has 0 aromatic heterocycles. The van der Waals surface area contributed by atoms with Crippen molar-refractivity contribution in [2.75, 3.05) is 0 Å². The minimum atomic E-state index is -0.251. The molecule has 1 aliphatic rings. The second kappa shape index (κ2) is 5.13. The van der Waals surface area contributed by atoms with Crippen LogP contribution < -0.4 is 0 Å². The predicted octanol–water partition coefficient (Wildman–Crippen LogP) is 2.66. The number of carbonyl (C=O) groups is 2. The van der Waals surface area contributed by atoms with Gasteiger partial charge in [0.05, 0.1) is 5.92 Å². The zero-order valence-corrected chi connectivity index (χ0v) is 9.89. The second-order valence-electron chi connectivity index (χ2n) is 4.47. The van der Waals surface area contributed by atoms with E-state index < -0.39 is 0 Å². The standard InChI is InChI=1S/C14H16O3/c1-10(11-5-3-2-4-6-11)17-14(16)12-7-8-13(15)9-12/h2-6,10,12H,7-9H2,1H3/t10?,12-/m0/s1. The fourth-order valence-electron chi connectivity index (χ4n) is 2.08. The molecule has 0 radical (unpaired) electrons. The van der Waals surface area contributed by atoms with Gasteiger partial charge in [0.1, 0.15) is 11.9 Å². The molecule has 17 heavy (non-hydrogen) atoms. The summed E-state index contributed by atoms with van der Waals surface area (Å²) in [7, 11) is 0. The number of hydrogen-bond donors (Lipinski definition) is 0. The van der Waals surface area contributed by atoms with Gasteiger partial charge in [0.2, 0.25) is 0 Å². The molecule has 0 amide bonds. The Hall–Kier alpha value is -1.64. The maximum Gasteiger partial charge on any atom is 0.309 e. The molecule has 2 atom stereocenters. The van der Waals surface area contributed by atoms with E-state index in [4.69, 9.17) is 4.74 Å². The zero-order chi connectivity index (χ0) is 12.3. The molecular formula is C14H16O3. The number of ketones is 1. The van der Waals surface area contributed by atoms with E-state index in [9.17, 15) is 9.59 Å². The van der Waals surface area contributed by atoms with Gasteiger partial charge in [-0.1, -0.05) is 30.3 Å². The van der Waals surface area contributed by atoms with Crippen molar-refractivity contribution in [2.24, 2.45) is 5.92 Å². The van der Waals surface area contributed by atoms with Crippen LogP contribution in [0.25, 0.3) is 0 Å². The van der Waals surface area contributed by atoms with Crippen molar-refractivity contribution >= 4 is 11.8 Å². The normalized spacial score (nSPS) is 21.2. The van der Waals surface area contributed by atoms with Gasteiger partial charge in [-0.3, -0.25) is 9.59 Å². The van der Waals surface area contributed by atoms with Gasteiger partial charge in [0.25, 0.3) is 0 Å². The first-order valence-electron chi connectivity index (χ1n) is 5.94. The van der Waals surface area contributed by atoms with Crippen molar-refractivity contribution in [1.29, 1.82) is 0 Å². The summed E-state index contributed by atoms with van der Waals surface area (Å²) in [6, 6.07) is 9.61. The molecule has 3 nitrogen and oxygen atoms in total. The quantitative estimate of drug-likeness (QED) is 0.752. The number of rotatable bonds is 3. The highest BCUT2D eigenvalue weighted by molar-refractivity contribution is 5.87. The van der Waals surface area contributed by atoms with Crippen LogP contribution in [0.3, 0.4) is 0 Å². The molecule has 0 spiro atoms. The molecule has 0 N–H and O–H groups in total. The highest BCUT2D eigenvalue weighted by Gasteiger charge is 2.30. The lowest BCUT2D eigenvalue weighted by Gasteiger charge is -2.16. The lowest BCUT2D eigenvalue weighted by Crippen LogP contribution is -2.17. The van der Waals surface area contributed by atoms with Crippen molar-refractivity contribution in [2.45, 2.75) is 32.3 Å². The van der Waals surface area contributed by atoms with E-state index in [-0.39, 0.29) is 23.8 Å². The second-order valence-corrected chi connectivity index (χ2v) is 4.47. The Bertz CT molecular complexity index is 411. The molecule has 1 aliphatic carbocycles. The Kier molecular flexibility index (Phi) is 3.57. The third-order valence-electron chi connectivity index (χ3n) is 3.14. The fourth-order valence-corrected chi connectivity index (χ4v) is 2.08. The van der Waals surface area contributed by atoms with Gasteiger partial charge in [0.15, 0.2) is 0 Å². The maximum atomic E-state index is 11.8. The monoisotopic (exact) mass is 232 g/mol. The van der Waals surface area contributed by atoms with E-state index >= 15 is 0 Å². The van der Waals surface area contributed by atoms with Crippen LogP contribution in [-0.4, -0.2) is 11.8 Å². The molecule has 1 aromatic rings. The van der Waals surface area contributed by atoms with E-state index in [1.807, 2.05) is 37.3 Å². The number of ether oxygens (including phenoxy) is 1. The minimum Gasteiger partial charge on any atom is -0.458 e. The molecule has 2 rings (SSSR count). The summed E-state index contributed by atoms with van der Waals surface area (Å²) in [4.78, 5) is 22.9. The van der Waals surface area contributed by atoms with Crippen LogP contribution in [0.2, 0.25) is 0 Å². The Morgan fingerprint density at radius 3 is 2.65 bits per heavy atom. The Morgan fingerprint density at radius 2 is 2.06 bits per heavy atom. The first-order valence-corrected chi connectivity index (χ1v) is 5.94. The van der Waals surface area contributed by atoms with Crippen LogP contribution in [-0.2, 0) is 14.3 Å². The highest BCUT2D eigenvalue weighted by Crippen LogP contribution is 2.26. The Balaban J connectivity index is 1.93. The topological polar surface area (TPSA) is 43.4 Å². The fraction of sp³-hybridized carbons (Fsp3) is 0.429. The van der Waals surface area contributed by atoms with Crippen LogP contribution in [0.4, 0.5) is 0 Å². The summed E-state index contributed by atoms with van der Waals surface area (Å²) < 4.78 is 5.38. The number of hydrogen-bond acceptors (Lipinski definition) is 3. The SMILES string of the molecule is CC(OC(=O)[C@H]1CCC(=O)C1)c1ccccc1. The molecule has 0 saturated heterocycles. The summed E-state index contributed by atoms with van der Waals surface area (Å²) in [6.45, 7) is 1.85. The van der Waals surface area contributed by atoms with Crippen LogP contribution >= 0.6 is 0 Å². The Labute approximate surface area is 101 Å². The average Bonchev–Trinajstić information content (AvgIpc) is 2.77. The van der Waals surface area contributed by atoms with Crippen LogP contribution in [0.15, 0.2) is 30.3 Å². The van der Waals surface area contributed by atoms with Crippen LogP contribution in [0.5, 0.6) is 0 Å². The molecule has 0 heterocycles. The molecule has 3 heteroatoms. The third kappa shape index (κ3) is 2.93. The predicted molar refractivity (Wildman–Crippen MR) is 63.3 cm³/mol. The molecule has 0 bridgehead atoms. The zero-order valence-electron chi connectivity index (χ0n) is 9.89. The number of Topliss-reactive ketones (excluding diaryl/α,β-unsaturated/α-hetero) is 1. The highest BCUT2D eigenvalue weighted by atomic mass is 16.5. The third-order valence-corrected chi connectivity index (χ3v) is 3.14. The smallest absolute Gasteiger partial charge is 0.309 e. The largest absolute Gasteiger partial charge is 0.458 e. The van der Waals surface area contributed by atoms with Gasteiger partial charge in [-0.15, -0.1) is 0 Å². The Morgan fingerprint density at radius 1 is 1.35 bits per heavy atom. The molecule has 1 aromatic carbocycles. The molecular weight excluding hydrogens is 216 g/mol. The average molecular weight is 232 g/mol. The van der Waals surface area contributed by atoms with Crippen LogP contribution in [0.1, 0.15) is 37.9 Å². The van der Waals surface area contributed by atoms with E-state index in [0.29, 0.717) is 19.3 Å². The van der Waals surface area contributed by atoms with E-state index in [1.54, 1.807) is 0 Å². The summed E-state index contributed by atoms with van der Waals surface area (Å²) in [6.07, 6.45) is 1.25. The van der Waals surface area contributed by atoms with Gasteiger partial charge >= 0.3 is 5.97 Å². The molecule has 90 valence electrons. The van der Waals surface area contributed by atoms with E-state index in [1.165, 1.54) is 0 Å². The van der Waals surface area contributed by atoms with Gasteiger partial charge < -0.3 is 4.74 Å². The first kappa shape index (κ1) is 11.8. The summed E-state index contributed by atoms with van der Waals surface area (Å²) in [5.41, 5.74) is 0.977. The summed E-state index contributed by atoms with van der Waals surface area (Å²) in [5, 5.41) is 0. The van der Waals surface area contributed by atoms with Crippen molar-refractivity contribution in [1.82, 2.24) is 0 Å². The number of esters is 1. The number of benzene rings is 1. The molecule has 1 saturated carbocycles. The van der Waals surface area contributed by atoms with Crippen molar-refractivity contribution in [3.8, 4) is 0 Å². The molecule has 1 fully saturated rings. The summed E-state index contributed by atoms with van der Waals surface area (Å²) >= 11 is 0. The molecule has 0 aliphatic heterocycles. The number of carbonyl (C=O) groups excluding carboxylic acids is 2. The first-order chi connectivity index (χ1) is 8.16. The van der Waals surface area contributed by atoms with Gasteiger partial charge in [0, 0.05) is 12.8 Å². The lowest BCUT2D eigenvalue weighted by atomic mass is 10.1. The van der Waals surface area contributed by atoms with E-state index in [2.05, 4.69) is 0 Å². The van der Waals surface area contributed by atoms with Crippen molar-refractivity contribution in [3.05, 3.63) is 35.9 Å². The maximum absolute atomic E-state index is 11.8. The van der Waals surface area contributed by atoms with E-state index in [0.717, 1.165) is 5.56 Å². The van der Waals surface area contributed by atoms with Crippen molar-refractivity contribution < 1.29 is 14.3 Å². The van der Waals surface area contributed by atoms with Gasteiger partial charge in [-0.05, 0) is 18.9 Å². The minimum absolute atomic E-state index is 0.166. The van der Waals surface area contributed by atoms with Crippen LogP contribution in [0, 0.1) is 5.92 Å². The summed E-state index contributed by atoms with van der Waals surface area (Å²) in [5.74, 6) is -0.305.